The number of hydrogen-bond donors (Lipinski definition) is 3. The second kappa shape index (κ2) is 21.3. The molecule has 234 valence electrons. The molecule has 41 heavy (non-hydrogen) atoms. The average Bonchev–Trinajstić information content (AvgIpc) is 3.38. The highest BCUT2D eigenvalue weighted by Gasteiger charge is 2.28. The Morgan fingerprint density at radius 1 is 0.878 bits per heavy atom. The van der Waals surface area contributed by atoms with Gasteiger partial charge in [-0.3, -0.25) is 19.1 Å². The Morgan fingerprint density at radius 2 is 1.37 bits per heavy atom. The van der Waals surface area contributed by atoms with Crippen molar-refractivity contribution in [3.8, 4) is 0 Å². The fourth-order valence-corrected chi connectivity index (χ4v) is 5.47. The maximum atomic E-state index is 12.7. The zero-order valence-corrected chi connectivity index (χ0v) is 25.9. The number of nitrogens with zero attached hydrogens (tertiary/aromatic N) is 3. The first-order valence-electron chi connectivity index (χ1n) is 16.5. The first-order valence-corrected chi connectivity index (χ1v) is 16.5. The van der Waals surface area contributed by atoms with Gasteiger partial charge < -0.3 is 15.6 Å². The van der Waals surface area contributed by atoms with Gasteiger partial charge in [-0.05, 0) is 12.8 Å². The Labute approximate surface area is 247 Å². The third-order valence-electron chi connectivity index (χ3n) is 8.12. The molecule has 2 aromatic heterocycles. The molecule has 0 bridgehead atoms. The molecule has 0 amide bonds. The lowest BCUT2D eigenvalue weighted by Crippen LogP contribution is -2.27. The quantitative estimate of drug-likeness (QED) is 0.0819. The van der Waals surface area contributed by atoms with E-state index in [9.17, 15) is 14.7 Å². The number of carbonyl (C=O) groups is 1. The van der Waals surface area contributed by atoms with Crippen LogP contribution in [-0.4, -0.2) is 37.2 Å². The van der Waals surface area contributed by atoms with E-state index >= 15 is 0 Å². The lowest BCUT2D eigenvalue weighted by Gasteiger charge is -2.26. The highest BCUT2D eigenvalue weighted by molar-refractivity contribution is 5.72. The number of esters is 1. The predicted octanol–water partition coefficient (Wildman–Crippen LogP) is 7.58. The number of fused-ring (bicyclic) bond motifs is 1. The van der Waals surface area contributed by atoms with Crippen LogP contribution < -0.4 is 11.3 Å². The lowest BCUT2D eigenvalue weighted by atomic mass is 10.0. The molecule has 9 heteroatoms. The molecule has 0 aliphatic heterocycles. The molecule has 0 fully saturated rings. The van der Waals surface area contributed by atoms with E-state index in [4.69, 9.17) is 10.5 Å². The zero-order chi connectivity index (χ0) is 29.7. The minimum atomic E-state index is -0.809. The van der Waals surface area contributed by atoms with Crippen molar-refractivity contribution in [1.82, 2.24) is 19.5 Å². The average molecular weight is 576 g/mol. The molecule has 4 N–H and O–H groups in total. The second-order valence-corrected chi connectivity index (χ2v) is 11.6. The molecule has 0 aliphatic carbocycles. The van der Waals surface area contributed by atoms with Crippen LogP contribution in [0.4, 0.5) is 5.95 Å². The van der Waals surface area contributed by atoms with Gasteiger partial charge >= 0.3 is 5.97 Å². The molecule has 2 aromatic rings. The van der Waals surface area contributed by atoms with Crippen molar-refractivity contribution in [2.75, 3.05) is 12.3 Å². The van der Waals surface area contributed by atoms with Crippen LogP contribution in [0.5, 0.6) is 0 Å². The third-order valence-corrected chi connectivity index (χ3v) is 8.12. The van der Waals surface area contributed by atoms with Crippen LogP contribution in [-0.2, 0) is 9.53 Å². The van der Waals surface area contributed by atoms with Gasteiger partial charge in [0.25, 0.3) is 5.56 Å². The molecule has 2 heterocycles. The number of imidazole rings is 1. The van der Waals surface area contributed by atoms with E-state index < -0.39 is 11.8 Å². The van der Waals surface area contributed by atoms with Crippen LogP contribution in [0.1, 0.15) is 155 Å². The second-order valence-electron chi connectivity index (χ2n) is 11.6. The largest absolute Gasteiger partial charge is 0.441 e. The van der Waals surface area contributed by atoms with Crippen molar-refractivity contribution < 1.29 is 14.6 Å². The maximum Gasteiger partial charge on any atom is 0.307 e. The number of aliphatic hydroxyl groups is 1. The summed E-state index contributed by atoms with van der Waals surface area (Å²) in [5, 5.41) is 9.90. The van der Waals surface area contributed by atoms with Crippen molar-refractivity contribution in [1.29, 1.82) is 0 Å². The van der Waals surface area contributed by atoms with Gasteiger partial charge in [-0.25, -0.2) is 4.98 Å². The summed E-state index contributed by atoms with van der Waals surface area (Å²) in [5.74, 6) is -0.724. The number of ether oxygens (including phenoxy) is 1. The number of nitrogens with two attached hydrogens (primary N) is 1. The van der Waals surface area contributed by atoms with Crippen molar-refractivity contribution in [3.05, 3.63) is 16.7 Å². The molecular formula is C32H57N5O4. The number of H-pyrrole nitrogens is 1. The van der Waals surface area contributed by atoms with E-state index in [-0.39, 0.29) is 35.6 Å². The van der Waals surface area contributed by atoms with Crippen molar-refractivity contribution >= 4 is 23.1 Å². The molecule has 0 saturated carbocycles. The molecule has 0 radical (unpaired) electrons. The highest BCUT2D eigenvalue weighted by Crippen LogP contribution is 2.26. The summed E-state index contributed by atoms with van der Waals surface area (Å²) in [4.78, 5) is 35.6. The van der Waals surface area contributed by atoms with E-state index in [1.165, 1.54) is 114 Å². The fourth-order valence-electron chi connectivity index (χ4n) is 5.47. The predicted molar refractivity (Wildman–Crippen MR) is 167 cm³/mol. The van der Waals surface area contributed by atoms with E-state index in [0.717, 1.165) is 19.3 Å². The summed E-state index contributed by atoms with van der Waals surface area (Å²) >= 11 is 0. The summed E-state index contributed by atoms with van der Waals surface area (Å²) in [6.07, 6.45) is 26.3. The summed E-state index contributed by atoms with van der Waals surface area (Å²) in [5.41, 5.74) is 5.61. The standard InChI is InChI=1S/C32H57N5O4/c1-3-5-6-7-8-9-10-11-12-13-14-15-16-17-18-19-20-21-22-23-27(39)41-31(26(4-2)24-38)37-25-34-28-29(37)35-32(33)36-30(28)40/h25-26,31,38H,3-24H2,1-2H3,(H3,33,35,36,40)/t26?,31-/m1/s1. The highest BCUT2D eigenvalue weighted by atomic mass is 16.6. The number of nitrogen functional groups attached to an aromatic ring is 1. The number of aromatic amines is 1. The smallest absolute Gasteiger partial charge is 0.307 e. The number of rotatable bonds is 25. The van der Waals surface area contributed by atoms with Crippen molar-refractivity contribution in [2.45, 2.75) is 155 Å². The normalized spacial score (nSPS) is 13.0. The molecular weight excluding hydrogens is 518 g/mol. The van der Waals surface area contributed by atoms with Crippen LogP contribution in [0.2, 0.25) is 0 Å². The number of unbranched alkanes of at least 4 members (excludes halogenated alkanes) is 18. The first-order chi connectivity index (χ1) is 20.0. The fraction of sp³-hybridized carbons (Fsp3) is 0.812. The van der Waals surface area contributed by atoms with Crippen LogP contribution in [0, 0.1) is 5.92 Å². The van der Waals surface area contributed by atoms with Gasteiger partial charge in [0, 0.05) is 12.3 Å². The van der Waals surface area contributed by atoms with E-state index in [0.29, 0.717) is 12.8 Å². The summed E-state index contributed by atoms with van der Waals surface area (Å²) in [6.45, 7) is 4.01. The Hall–Kier alpha value is -2.42. The van der Waals surface area contributed by atoms with Gasteiger partial charge in [0.1, 0.15) is 6.33 Å². The van der Waals surface area contributed by atoms with E-state index in [1.807, 2.05) is 6.92 Å². The molecule has 1 unspecified atom stereocenters. The molecule has 0 aliphatic rings. The monoisotopic (exact) mass is 575 g/mol. The number of aromatic nitrogens is 4. The van der Waals surface area contributed by atoms with Gasteiger partial charge in [-0.1, -0.05) is 129 Å². The van der Waals surface area contributed by atoms with Crippen LogP contribution in [0.15, 0.2) is 11.1 Å². The zero-order valence-electron chi connectivity index (χ0n) is 25.9. The minimum Gasteiger partial charge on any atom is -0.441 e. The number of carbonyl (C=O) groups excluding carboxylic acids is 1. The Morgan fingerprint density at radius 3 is 1.83 bits per heavy atom. The number of anilines is 1. The molecule has 0 aromatic carbocycles. The summed E-state index contributed by atoms with van der Waals surface area (Å²) in [7, 11) is 0. The Bertz CT molecular complexity index is 1020. The van der Waals surface area contributed by atoms with Crippen molar-refractivity contribution in [3.63, 3.8) is 0 Å². The third kappa shape index (κ3) is 13.4. The topological polar surface area (TPSA) is 136 Å². The molecule has 0 saturated heterocycles. The van der Waals surface area contributed by atoms with Crippen LogP contribution in [0.3, 0.4) is 0 Å². The summed E-state index contributed by atoms with van der Waals surface area (Å²) in [6, 6.07) is 0. The van der Waals surface area contributed by atoms with Gasteiger partial charge in [0.05, 0.1) is 6.61 Å². The molecule has 0 spiro atoms. The minimum absolute atomic E-state index is 0.0412. The lowest BCUT2D eigenvalue weighted by molar-refractivity contribution is -0.159. The summed E-state index contributed by atoms with van der Waals surface area (Å²) < 4.78 is 7.32. The van der Waals surface area contributed by atoms with Gasteiger partial charge in [-0.15, -0.1) is 0 Å². The maximum absolute atomic E-state index is 12.7. The molecule has 9 nitrogen and oxygen atoms in total. The van der Waals surface area contributed by atoms with Gasteiger partial charge in [0.2, 0.25) is 5.95 Å². The number of nitrogens with one attached hydrogen (secondary N) is 1. The Kier molecular flexibility index (Phi) is 18.1. The van der Waals surface area contributed by atoms with Gasteiger partial charge in [-0.2, -0.15) is 4.98 Å². The van der Waals surface area contributed by atoms with E-state index in [2.05, 4.69) is 21.9 Å². The SMILES string of the molecule is CCCCCCCCCCCCCCCCCCCCCC(=O)O[C@H](C(CC)CO)n1cnc2c(=O)[nH]c(N)nc21. The van der Waals surface area contributed by atoms with Gasteiger partial charge in [0.15, 0.2) is 17.4 Å². The van der Waals surface area contributed by atoms with Crippen LogP contribution in [0.25, 0.3) is 11.2 Å². The van der Waals surface area contributed by atoms with E-state index in [1.54, 1.807) is 0 Å². The first kappa shape index (κ1) is 34.8. The van der Waals surface area contributed by atoms with Crippen molar-refractivity contribution in [2.24, 2.45) is 5.92 Å². The number of aliphatic hydroxyl groups excluding tert-OH is 1. The number of hydrogen-bond acceptors (Lipinski definition) is 7. The Balaban J connectivity index is 1.54. The molecule has 2 rings (SSSR count). The van der Waals surface area contributed by atoms with Crippen LogP contribution >= 0.6 is 0 Å². The molecule has 2 atom stereocenters.